The number of aliphatic hydroxyl groups is 1. The summed E-state index contributed by atoms with van der Waals surface area (Å²) in [6.07, 6.45) is -1.73. The van der Waals surface area contributed by atoms with Crippen LogP contribution in [-0.4, -0.2) is 60.3 Å². The zero-order valence-electron chi connectivity index (χ0n) is 14.9. The molecule has 144 valence electrons. The lowest BCUT2D eigenvalue weighted by atomic mass is 9.90. The van der Waals surface area contributed by atoms with E-state index in [1.165, 1.54) is 19.6 Å². The quantitative estimate of drug-likeness (QED) is 0.184. The first kappa shape index (κ1) is 22.8. The van der Waals surface area contributed by atoms with Crippen LogP contribution < -0.4 is 16.1 Å². The Kier molecular flexibility index (Phi) is 10.4. The third-order valence-corrected chi connectivity index (χ3v) is 3.57. The maximum Gasteiger partial charge on any atom is 0.305 e. The van der Waals surface area contributed by atoms with Crippen molar-refractivity contribution in [2.45, 2.75) is 45.3 Å². The lowest BCUT2D eigenvalue weighted by Crippen LogP contribution is -2.52. The van der Waals surface area contributed by atoms with Gasteiger partial charge in [0.1, 0.15) is 12.1 Å². The topological polar surface area (TPSA) is 154 Å². The van der Waals surface area contributed by atoms with Crippen molar-refractivity contribution in [3.05, 3.63) is 0 Å². The number of esters is 1. The molecule has 0 heterocycles. The molecule has 0 unspecified atom stereocenters. The number of amides is 3. The fourth-order valence-corrected chi connectivity index (χ4v) is 2.22. The summed E-state index contributed by atoms with van der Waals surface area (Å²) in [5, 5.41) is 23.4. The first-order valence-corrected chi connectivity index (χ1v) is 7.88. The third-order valence-electron chi connectivity index (χ3n) is 3.57. The summed E-state index contributed by atoms with van der Waals surface area (Å²) in [5.41, 5.74) is 1.30. The fourth-order valence-electron chi connectivity index (χ4n) is 2.22. The Morgan fingerprint density at radius 3 is 2.12 bits per heavy atom. The highest BCUT2D eigenvalue weighted by Gasteiger charge is 2.34. The molecular weight excluding hydrogens is 334 g/mol. The van der Waals surface area contributed by atoms with Gasteiger partial charge < -0.3 is 20.5 Å². The SMILES string of the molecule is CNC(=O)[C@H](CCC(=O)OC)NC(=O)[C@H](CC(C)C)[C@H](O)C(=O)NO. The highest BCUT2D eigenvalue weighted by Crippen LogP contribution is 2.17. The third kappa shape index (κ3) is 7.94. The maximum absolute atomic E-state index is 12.5. The zero-order chi connectivity index (χ0) is 19.6. The van der Waals surface area contributed by atoms with Crippen LogP contribution in [0.5, 0.6) is 0 Å². The van der Waals surface area contributed by atoms with Crippen LogP contribution >= 0.6 is 0 Å². The smallest absolute Gasteiger partial charge is 0.305 e. The molecule has 0 aliphatic carbocycles. The minimum absolute atomic E-state index is 0.00518. The number of hydroxylamine groups is 1. The number of likely N-dealkylation sites (N-methyl/N-ethyl adjacent to an activating group) is 1. The number of methoxy groups -OCH3 is 1. The van der Waals surface area contributed by atoms with E-state index >= 15 is 0 Å². The van der Waals surface area contributed by atoms with E-state index in [9.17, 15) is 24.3 Å². The van der Waals surface area contributed by atoms with Crippen molar-refractivity contribution in [2.75, 3.05) is 14.2 Å². The maximum atomic E-state index is 12.5. The molecule has 0 aromatic heterocycles. The van der Waals surface area contributed by atoms with Gasteiger partial charge >= 0.3 is 5.97 Å². The number of nitrogens with one attached hydrogen (secondary N) is 3. The van der Waals surface area contributed by atoms with E-state index in [4.69, 9.17) is 5.21 Å². The second-order valence-electron chi connectivity index (χ2n) is 5.95. The Morgan fingerprint density at radius 2 is 1.68 bits per heavy atom. The molecular formula is C15H27N3O7. The zero-order valence-corrected chi connectivity index (χ0v) is 14.9. The van der Waals surface area contributed by atoms with Crippen LogP contribution in [0.15, 0.2) is 0 Å². The molecule has 0 aromatic carbocycles. The van der Waals surface area contributed by atoms with Gasteiger partial charge in [0, 0.05) is 13.5 Å². The Balaban J connectivity index is 5.18. The second-order valence-corrected chi connectivity index (χ2v) is 5.95. The molecule has 0 saturated heterocycles. The monoisotopic (exact) mass is 361 g/mol. The second kappa shape index (κ2) is 11.4. The molecule has 10 heteroatoms. The number of rotatable bonds is 10. The summed E-state index contributed by atoms with van der Waals surface area (Å²) in [6, 6.07) is -1.03. The molecule has 5 N–H and O–H groups in total. The van der Waals surface area contributed by atoms with Gasteiger partial charge in [-0.2, -0.15) is 0 Å². The van der Waals surface area contributed by atoms with Crippen molar-refractivity contribution in [1.82, 2.24) is 16.1 Å². The molecule has 0 saturated carbocycles. The van der Waals surface area contributed by atoms with Gasteiger partial charge in [-0.15, -0.1) is 0 Å². The Labute approximate surface area is 146 Å². The standard InChI is InChI=1S/C15H27N3O7/c1-8(2)7-9(12(20)15(23)18-24)13(21)17-10(14(22)16-3)5-6-11(19)25-4/h8-10,12,20,24H,5-7H2,1-4H3,(H,16,22)(H,17,21)(H,18,23)/t9-,10+,12+/m1/s1. The van der Waals surface area contributed by atoms with E-state index in [-0.39, 0.29) is 25.2 Å². The highest BCUT2D eigenvalue weighted by molar-refractivity contribution is 5.92. The average Bonchev–Trinajstić information content (AvgIpc) is 2.60. The minimum Gasteiger partial charge on any atom is -0.469 e. The lowest BCUT2D eigenvalue weighted by molar-refractivity contribution is -0.147. The van der Waals surface area contributed by atoms with Crippen molar-refractivity contribution in [2.24, 2.45) is 11.8 Å². The van der Waals surface area contributed by atoms with Gasteiger partial charge in [-0.25, -0.2) is 5.48 Å². The van der Waals surface area contributed by atoms with Gasteiger partial charge in [0.05, 0.1) is 13.0 Å². The number of carbonyl (C=O) groups excluding carboxylic acids is 4. The molecule has 0 aliphatic rings. The van der Waals surface area contributed by atoms with Crippen LogP contribution in [0.3, 0.4) is 0 Å². The minimum atomic E-state index is -1.78. The van der Waals surface area contributed by atoms with Gasteiger partial charge in [0.15, 0.2) is 0 Å². The Bertz CT molecular complexity index is 482. The van der Waals surface area contributed by atoms with Crippen molar-refractivity contribution in [3.63, 3.8) is 0 Å². The van der Waals surface area contributed by atoms with Crippen LogP contribution in [0.1, 0.15) is 33.1 Å². The number of hydrogen-bond acceptors (Lipinski definition) is 7. The normalized spacial score (nSPS) is 14.2. The summed E-state index contributed by atoms with van der Waals surface area (Å²) < 4.78 is 4.50. The largest absolute Gasteiger partial charge is 0.469 e. The van der Waals surface area contributed by atoms with Crippen LogP contribution in [0, 0.1) is 11.8 Å². The van der Waals surface area contributed by atoms with E-state index in [1.807, 2.05) is 0 Å². The molecule has 0 aromatic rings. The molecule has 0 spiro atoms. The van der Waals surface area contributed by atoms with Crippen molar-refractivity contribution >= 4 is 23.7 Å². The van der Waals surface area contributed by atoms with Crippen molar-refractivity contribution in [1.29, 1.82) is 0 Å². The average molecular weight is 361 g/mol. The van der Waals surface area contributed by atoms with E-state index in [0.717, 1.165) is 0 Å². The fraction of sp³-hybridized carbons (Fsp3) is 0.733. The molecule has 3 amide bonds. The summed E-state index contributed by atoms with van der Waals surface area (Å²) in [6.45, 7) is 3.58. The van der Waals surface area contributed by atoms with E-state index in [0.29, 0.717) is 0 Å². The lowest BCUT2D eigenvalue weighted by Gasteiger charge is -2.25. The molecule has 0 rings (SSSR count). The molecule has 3 atom stereocenters. The summed E-state index contributed by atoms with van der Waals surface area (Å²) in [4.78, 5) is 47.0. The van der Waals surface area contributed by atoms with Crippen LogP contribution in [0.4, 0.5) is 0 Å². The Hall–Kier alpha value is -2.20. The Morgan fingerprint density at radius 1 is 1.08 bits per heavy atom. The molecule has 10 nitrogen and oxygen atoms in total. The number of hydrogen-bond donors (Lipinski definition) is 5. The predicted octanol–water partition coefficient (Wildman–Crippen LogP) is -1.30. The van der Waals surface area contributed by atoms with Gasteiger partial charge in [-0.05, 0) is 18.8 Å². The van der Waals surface area contributed by atoms with Crippen molar-refractivity contribution < 1.29 is 34.2 Å². The molecule has 0 radical (unpaired) electrons. The van der Waals surface area contributed by atoms with Gasteiger partial charge in [0.25, 0.3) is 5.91 Å². The molecule has 0 fully saturated rings. The van der Waals surface area contributed by atoms with Gasteiger partial charge in [-0.3, -0.25) is 24.4 Å². The summed E-state index contributed by atoms with van der Waals surface area (Å²) in [7, 11) is 2.58. The van der Waals surface area contributed by atoms with Gasteiger partial charge in [0.2, 0.25) is 11.8 Å². The van der Waals surface area contributed by atoms with Gasteiger partial charge in [-0.1, -0.05) is 13.8 Å². The number of aliphatic hydroxyl groups excluding tert-OH is 1. The summed E-state index contributed by atoms with van der Waals surface area (Å²) in [5.74, 6) is -4.12. The predicted molar refractivity (Wildman–Crippen MR) is 86.1 cm³/mol. The number of ether oxygens (including phenoxy) is 1. The first-order chi connectivity index (χ1) is 11.7. The summed E-state index contributed by atoms with van der Waals surface area (Å²) >= 11 is 0. The van der Waals surface area contributed by atoms with E-state index in [1.54, 1.807) is 13.8 Å². The highest BCUT2D eigenvalue weighted by atomic mass is 16.5. The molecule has 25 heavy (non-hydrogen) atoms. The molecule has 0 aliphatic heterocycles. The van der Waals surface area contributed by atoms with Crippen LogP contribution in [0.25, 0.3) is 0 Å². The first-order valence-electron chi connectivity index (χ1n) is 7.88. The molecule has 0 bridgehead atoms. The van der Waals surface area contributed by atoms with E-state index in [2.05, 4.69) is 15.4 Å². The number of carbonyl (C=O) groups is 4. The van der Waals surface area contributed by atoms with Crippen LogP contribution in [0.2, 0.25) is 0 Å². The van der Waals surface area contributed by atoms with E-state index < -0.39 is 41.8 Å². The van der Waals surface area contributed by atoms with Crippen molar-refractivity contribution in [3.8, 4) is 0 Å². The van der Waals surface area contributed by atoms with Crippen LogP contribution in [-0.2, 0) is 23.9 Å².